The molecule has 0 bridgehead atoms. The molecule has 3 rings (SSSR count). The van der Waals surface area contributed by atoms with Crippen molar-refractivity contribution in [1.82, 2.24) is 14.9 Å². The van der Waals surface area contributed by atoms with Crippen molar-refractivity contribution < 1.29 is 22.3 Å². The molecule has 1 saturated heterocycles. The van der Waals surface area contributed by atoms with Crippen LogP contribution >= 0.6 is 0 Å². The van der Waals surface area contributed by atoms with Crippen molar-refractivity contribution in [3.63, 3.8) is 0 Å². The van der Waals surface area contributed by atoms with Crippen LogP contribution in [0.2, 0.25) is 0 Å². The molecule has 124 valence electrons. The molecule has 1 fully saturated rings. The second kappa shape index (κ2) is 5.92. The fourth-order valence-corrected chi connectivity index (χ4v) is 2.68. The van der Waals surface area contributed by atoms with E-state index in [0.717, 1.165) is 31.6 Å². The quantitative estimate of drug-likeness (QED) is 0.810. The van der Waals surface area contributed by atoms with Crippen molar-refractivity contribution in [1.29, 1.82) is 0 Å². The van der Waals surface area contributed by atoms with E-state index in [1.165, 1.54) is 0 Å². The summed E-state index contributed by atoms with van der Waals surface area (Å²) in [6.07, 6.45) is -1.39. The highest BCUT2D eigenvalue weighted by molar-refractivity contribution is 5.79. The van der Waals surface area contributed by atoms with Crippen LogP contribution in [-0.4, -0.2) is 41.1 Å². The first-order chi connectivity index (χ1) is 10.8. The highest BCUT2D eigenvalue weighted by atomic mass is 19.4. The van der Waals surface area contributed by atoms with E-state index in [9.17, 15) is 17.6 Å². The Morgan fingerprint density at radius 2 is 2.13 bits per heavy atom. The van der Waals surface area contributed by atoms with Gasteiger partial charge in [-0.05, 0) is 38.6 Å². The second-order valence-electron chi connectivity index (χ2n) is 5.63. The molecule has 1 atom stereocenters. The van der Waals surface area contributed by atoms with Gasteiger partial charge in [0, 0.05) is 17.6 Å². The number of hydrogen-bond acceptors (Lipinski definition) is 4. The maximum atomic E-state index is 13.9. The molecule has 1 aliphatic rings. The summed E-state index contributed by atoms with van der Waals surface area (Å²) in [7, 11) is 1.99. The molecule has 1 aromatic carbocycles. The number of likely N-dealkylation sites (tertiary alicyclic amines) is 1. The number of fused-ring (bicyclic) bond motifs is 1. The molecule has 2 heterocycles. The molecule has 0 aliphatic carbocycles. The normalized spacial score (nSPS) is 19.4. The van der Waals surface area contributed by atoms with E-state index in [1.807, 2.05) is 7.05 Å². The predicted molar refractivity (Wildman–Crippen MR) is 75.6 cm³/mol. The van der Waals surface area contributed by atoms with Crippen molar-refractivity contribution in [2.24, 2.45) is 0 Å². The van der Waals surface area contributed by atoms with Gasteiger partial charge in [0.05, 0.1) is 5.56 Å². The van der Waals surface area contributed by atoms with Gasteiger partial charge in [-0.2, -0.15) is 18.2 Å². The summed E-state index contributed by atoms with van der Waals surface area (Å²) >= 11 is 0. The zero-order valence-corrected chi connectivity index (χ0v) is 12.4. The summed E-state index contributed by atoms with van der Waals surface area (Å²) in [6.45, 7) is 1.35. The number of ether oxygens (including phenoxy) is 1. The summed E-state index contributed by atoms with van der Waals surface area (Å²) in [5.41, 5.74) is -1.24. The van der Waals surface area contributed by atoms with Gasteiger partial charge < -0.3 is 9.64 Å². The van der Waals surface area contributed by atoms with E-state index in [4.69, 9.17) is 4.74 Å². The van der Waals surface area contributed by atoms with Gasteiger partial charge in [0.25, 0.3) is 0 Å². The third-order valence-electron chi connectivity index (χ3n) is 4.02. The number of hydrogen-bond donors (Lipinski definition) is 0. The SMILES string of the molecule is CN1CCC[C@H]1COc1ncc2cc(C(F)(F)F)cc(F)c2n1. The molecule has 1 aromatic heterocycles. The number of rotatable bonds is 3. The second-order valence-corrected chi connectivity index (χ2v) is 5.63. The number of nitrogens with zero attached hydrogens (tertiary/aromatic N) is 3. The van der Waals surface area contributed by atoms with Gasteiger partial charge in [-0.3, -0.25) is 0 Å². The number of aromatic nitrogens is 2. The maximum absolute atomic E-state index is 13.9. The summed E-state index contributed by atoms with van der Waals surface area (Å²) in [4.78, 5) is 9.91. The van der Waals surface area contributed by atoms with E-state index >= 15 is 0 Å². The van der Waals surface area contributed by atoms with Crippen molar-refractivity contribution >= 4 is 10.9 Å². The van der Waals surface area contributed by atoms with Crippen LogP contribution in [0.5, 0.6) is 6.01 Å². The van der Waals surface area contributed by atoms with Crippen LogP contribution in [0.3, 0.4) is 0 Å². The van der Waals surface area contributed by atoms with Gasteiger partial charge in [-0.15, -0.1) is 0 Å². The van der Waals surface area contributed by atoms with Gasteiger partial charge in [-0.1, -0.05) is 0 Å². The molecule has 0 amide bonds. The minimum Gasteiger partial charge on any atom is -0.462 e. The lowest BCUT2D eigenvalue weighted by molar-refractivity contribution is -0.137. The first-order valence-corrected chi connectivity index (χ1v) is 7.21. The van der Waals surface area contributed by atoms with Crippen LogP contribution in [0.1, 0.15) is 18.4 Å². The molecule has 0 saturated carbocycles. The molecule has 1 aliphatic heterocycles. The fourth-order valence-electron chi connectivity index (χ4n) is 2.68. The number of likely N-dealkylation sites (N-methyl/N-ethyl adjacent to an activating group) is 1. The highest BCUT2D eigenvalue weighted by Crippen LogP contribution is 2.32. The van der Waals surface area contributed by atoms with Gasteiger partial charge in [0.15, 0.2) is 0 Å². The van der Waals surface area contributed by atoms with Crippen LogP contribution in [0.15, 0.2) is 18.3 Å². The van der Waals surface area contributed by atoms with Crippen LogP contribution in [-0.2, 0) is 6.18 Å². The number of halogens is 4. The van der Waals surface area contributed by atoms with Gasteiger partial charge in [0.2, 0.25) is 0 Å². The summed E-state index contributed by atoms with van der Waals surface area (Å²) < 4.78 is 57.4. The number of alkyl halides is 3. The minimum atomic E-state index is -4.61. The van der Waals surface area contributed by atoms with Gasteiger partial charge >= 0.3 is 12.2 Å². The Balaban J connectivity index is 1.83. The third kappa shape index (κ3) is 3.36. The Bertz CT molecular complexity index is 720. The summed E-state index contributed by atoms with van der Waals surface area (Å²) in [5.74, 6) is -1.04. The van der Waals surface area contributed by atoms with E-state index in [0.29, 0.717) is 12.7 Å². The Hall–Kier alpha value is -1.96. The van der Waals surface area contributed by atoms with Crippen LogP contribution < -0.4 is 4.74 Å². The average molecular weight is 329 g/mol. The largest absolute Gasteiger partial charge is 0.462 e. The lowest BCUT2D eigenvalue weighted by Crippen LogP contribution is -2.30. The van der Waals surface area contributed by atoms with Gasteiger partial charge in [0.1, 0.15) is 17.9 Å². The smallest absolute Gasteiger partial charge is 0.416 e. The van der Waals surface area contributed by atoms with Crippen molar-refractivity contribution in [2.75, 3.05) is 20.2 Å². The van der Waals surface area contributed by atoms with E-state index < -0.39 is 17.6 Å². The summed E-state index contributed by atoms with van der Waals surface area (Å²) in [5, 5.41) is -0.0114. The topological polar surface area (TPSA) is 38.2 Å². The van der Waals surface area contributed by atoms with Crippen LogP contribution in [0.25, 0.3) is 10.9 Å². The molecule has 8 heteroatoms. The van der Waals surface area contributed by atoms with Crippen LogP contribution in [0, 0.1) is 5.82 Å². The molecule has 0 radical (unpaired) electrons. The lowest BCUT2D eigenvalue weighted by atomic mass is 10.1. The molecular weight excluding hydrogens is 314 g/mol. The minimum absolute atomic E-state index is 0.0114. The molecular formula is C15H15F4N3O. The predicted octanol–water partition coefficient (Wildman–Crippen LogP) is 3.26. The van der Waals surface area contributed by atoms with Crippen LogP contribution in [0.4, 0.5) is 17.6 Å². The average Bonchev–Trinajstić information content (AvgIpc) is 2.89. The van der Waals surface area contributed by atoms with Gasteiger partial charge in [-0.25, -0.2) is 9.37 Å². The first-order valence-electron chi connectivity index (χ1n) is 7.21. The van der Waals surface area contributed by atoms with E-state index in [-0.39, 0.29) is 23.0 Å². The highest BCUT2D eigenvalue weighted by Gasteiger charge is 2.32. The Morgan fingerprint density at radius 1 is 1.35 bits per heavy atom. The number of benzene rings is 1. The van der Waals surface area contributed by atoms with Crippen molar-refractivity contribution in [2.45, 2.75) is 25.1 Å². The van der Waals surface area contributed by atoms with Crippen molar-refractivity contribution in [3.8, 4) is 6.01 Å². The molecule has 0 spiro atoms. The zero-order valence-electron chi connectivity index (χ0n) is 12.4. The standard InChI is InChI=1S/C15H15F4N3O/c1-22-4-2-3-11(22)8-23-14-20-7-9-5-10(15(17,18)19)6-12(16)13(9)21-14/h5-7,11H,2-4,8H2,1H3/t11-/m0/s1. The lowest BCUT2D eigenvalue weighted by Gasteiger charge is -2.18. The molecule has 4 nitrogen and oxygen atoms in total. The first kappa shape index (κ1) is 15.9. The maximum Gasteiger partial charge on any atom is 0.416 e. The molecule has 23 heavy (non-hydrogen) atoms. The third-order valence-corrected chi connectivity index (χ3v) is 4.02. The van der Waals surface area contributed by atoms with Crippen molar-refractivity contribution in [3.05, 3.63) is 29.7 Å². The zero-order chi connectivity index (χ0) is 16.6. The van der Waals surface area contributed by atoms with E-state index in [2.05, 4.69) is 14.9 Å². The Morgan fingerprint density at radius 3 is 2.78 bits per heavy atom. The van der Waals surface area contributed by atoms with E-state index in [1.54, 1.807) is 0 Å². The summed E-state index contributed by atoms with van der Waals surface area (Å²) in [6, 6.07) is 1.47. The molecule has 0 N–H and O–H groups in total. The Kier molecular flexibility index (Phi) is 4.09. The molecule has 2 aromatic rings. The fraction of sp³-hybridized carbons (Fsp3) is 0.467. The molecule has 0 unspecified atom stereocenters. The monoisotopic (exact) mass is 329 g/mol. The Labute approximate surface area is 130 Å².